The quantitative estimate of drug-likeness (QED) is 0.750. The highest BCUT2D eigenvalue weighted by Gasteiger charge is 2.32. The van der Waals surface area contributed by atoms with Crippen LogP contribution in [0.15, 0.2) is 59.4 Å². The zero-order valence-electron chi connectivity index (χ0n) is 15.6. The molecule has 3 aromatic rings. The molecule has 5 heteroatoms. The molecule has 1 aliphatic carbocycles. The molecule has 0 spiro atoms. The zero-order valence-corrected chi connectivity index (χ0v) is 15.6. The van der Waals surface area contributed by atoms with Gasteiger partial charge >= 0.3 is 6.03 Å². The number of hydrogen-bond acceptors (Lipinski definition) is 2. The van der Waals surface area contributed by atoms with Crippen molar-refractivity contribution in [2.45, 2.75) is 19.8 Å². The lowest BCUT2D eigenvalue weighted by atomic mass is 9.87. The van der Waals surface area contributed by atoms with Gasteiger partial charge in [0.05, 0.1) is 5.52 Å². The van der Waals surface area contributed by atoms with Crippen LogP contribution in [0.2, 0.25) is 0 Å². The van der Waals surface area contributed by atoms with E-state index >= 15 is 0 Å². The van der Waals surface area contributed by atoms with E-state index in [4.69, 9.17) is 0 Å². The average molecular weight is 361 g/mol. The van der Waals surface area contributed by atoms with Gasteiger partial charge in [-0.05, 0) is 53.0 Å². The number of aromatic nitrogens is 1. The summed E-state index contributed by atoms with van der Waals surface area (Å²) in [5.41, 5.74) is 4.17. The van der Waals surface area contributed by atoms with Crippen molar-refractivity contribution in [3.63, 3.8) is 0 Å². The molecule has 0 bridgehead atoms. The van der Waals surface area contributed by atoms with Crippen LogP contribution in [0, 0.1) is 5.41 Å². The first kappa shape index (κ1) is 17.3. The van der Waals surface area contributed by atoms with Gasteiger partial charge in [-0.3, -0.25) is 4.79 Å². The highest BCUT2D eigenvalue weighted by atomic mass is 16.2. The molecule has 138 valence electrons. The number of urea groups is 1. The van der Waals surface area contributed by atoms with Crippen LogP contribution in [0.3, 0.4) is 0 Å². The molecule has 0 unspecified atom stereocenters. The Bertz CT molecular complexity index is 1060. The highest BCUT2D eigenvalue weighted by Crippen LogP contribution is 2.35. The zero-order chi connectivity index (χ0) is 19.0. The number of rotatable bonds is 3. The summed E-state index contributed by atoms with van der Waals surface area (Å²) in [4.78, 5) is 24.2. The summed E-state index contributed by atoms with van der Waals surface area (Å²) in [6, 6.07) is 17.1. The van der Waals surface area contributed by atoms with E-state index in [9.17, 15) is 9.59 Å². The van der Waals surface area contributed by atoms with Crippen molar-refractivity contribution in [3.8, 4) is 0 Å². The summed E-state index contributed by atoms with van der Waals surface area (Å²) in [6.45, 7) is 2.82. The van der Waals surface area contributed by atoms with E-state index in [1.165, 1.54) is 11.1 Å². The van der Waals surface area contributed by atoms with Gasteiger partial charge in [0.25, 0.3) is 5.56 Å². The number of carbonyl (C=O) groups is 1. The lowest BCUT2D eigenvalue weighted by Crippen LogP contribution is -2.38. The Morgan fingerprint density at radius 2 is 1.74 bits per heavy atom. The molecule has 0 saturated heterocycles. The minimum atomic E-state index is -0.229. The van der Waals surface area contributed by atoms with Crippen LogP contribution in [-0.4, -0.2) is 17.1 Å². The molecule has 27 heavy (non-hydrogen) atoms. The highest BCUT2D eigenvalue weighted by molar-refractivity contribution is 5.92. The fourth-order valence-corrected chi connectivity index (χ4v) is 3.92. The fourth-order valence-electron chi connectivity index (χ4n) is 3.92. The SMILES string of the molecule is Cn1c(=O)ccc2ccc(NC(=O)NCC3(C)Cc4ccccc4C3)cc21. The number of fused-ring (bicyclic) bond motifs is 2. The van der Waals surface area contributed by atoms with Gasteiger partial charge in [0.1, 0.15) is 0 Å². The number of carbonyl (C=O) groups excluding carboxylic acids is 1. The molecular formula is C22H23N3O2. The molecule has 4 rings (SSSR count). The lowest BCUT2D eigenvalue weighted by molar-refractivity contribution is 0.243. The maximum Gasteiger partial charge on any atom is 0.319 e. The lowest BCUT2D eigenvalue weighted by Gasteiger charge is -2.24. The van der Waals surface area contributed by atoms with E-state index in [1.807, 2.05) is 18.2 Å². The van der Waals surface area contributed by atoms with Gasteiger partial charge in [0.15, 0.2) is 0 Å². The smallest absolute Gasteiger partial charge is 0.319 e. The van der Waals surface area contributed by atoms with Crippen LogP contribution >= 0.6 is 0 Å². The molecule has 0 atom stereocenters. The predicted molar refractivity (Wildman–Crippen MR) is 108 cm³/mol. The monoisotopic (exact) mass is 361 g/mol. The molecule has 2 amide bonds. The summed E-state index contributed by atoms with van der Waals surface area (Å²) in [5.74, 6) is 0. The molecule has 5 nitrogen and oxygen atoms in total. The van der Waals surface area contributed by atoms with Gasteiger partial charge in [0.2, 0.25) is 0 Å². The van der Waals surface area contributed by atoms with Crippen molar-refractivity contribution in [1.29, 1.82) is 0 Å². The van der Waals surface area contributed by atoms with Crippen LogP contribution in [-0.2, 0) is 19.9 Å². The molecule has 0 aliphatic heterocycles. The van der Waals surface area contributed by atoms with Crippen molar-refractivity contribution in [1.82, 2.24) is 9.88 Å². The number of aryl methyl sites for hydroxylation is 1. The topological polar surface area (TPSA) is 63.1 Å². The van der Waals surface area contributed by atoms with Gasteiger partial charge in [-0.25, -0.2) is 4.79 Å². The van der Waals surface area contributed by atoms with Gasteiger partial charge in [-0.15, -0.1) is 0 Å². The second kappa shape index (κ2) is 6.58. The van der Waals surface area contributed by atoms with E-state index < -0.39 is 0 Å². The molecule has 0 saturated carbocycles. The van der Waals surface area contributed by atoms with Crippen molar-refractivity contribution >= 4 is 22.6 Å². The maximum atomic E-state index is 12.4. The van der Waals surface area contributed by atoms with Crippen molar-refractivity contribution in [2.24, 2.45) is 12.5 Å². The molecule has 1 aromatic heterocycles. The largest absolute Gasteiger partial charge is 0.337 e. The normalized spacial score (nSPS) is 14.7. The van der Waals surface area contributed by atoms with E-state index in [0.717, 1.165) is 23.7 Å². The summed E-state index contributed by atoms with van der Waals surface area (Å²) in [6.07, 6.45) is 1.95. The third-order valence-corrected chi connectivity index (χ3v) is 5.41. The molecule has 2 N–H and O–H groups in total. The van der Waals surface area contributed by atoms with Crippen molar-refractivity contribution < 1.29 is 4.79 Å². The molecule has 2 aromatic carbocycles. The fraction of sp³-hybridized carbons (Fsp3) is 0.273. The third-order valence-electron chi connectivity index (χ3n) is 5.41. The predicted octanol–water partition coefficient (Wildman–Crippen LogP) is 3.47. The first-order valence-corrected chi connectivity index (χ1v) is 9.15. The van der Waals surface area contributed by atoms with Gasteiger partial charge < -0.3 is 15.2 Å². The average Bonchev–Trinajstić information content (AvgIpc) is 3.00. The van der Waals surface area contributed by atoms with Crippen LogP contribution in [0.25, 0.3) is 10.9 Å². The Kier molecular flexibility index (Phi) is 4.22. The summed E-state index contributed by atoms with van der Waals surface area (Å²) in [7, 11) is 1.73. The first-order chi connectivity index (χ1) is 12.9. The van der Waals surface area contributed by atoms with Crippen LogP contribution in [0.1, 0.15) is 18.1 Å². The number of nitrogens with zero attached hydrogens (tertiary/aromatic N) is 1. The number of pyridine rings is 1. The van der Waals surface area contributed by atoms with E-state index in [1.54, 1.807) is 23.7 Å². The maximum absolute atomic E-state index is 12.4. The van der Waals surface area contributed by atoms with Crippen LogP contribution in [0.5, 0.6) is 0 Å². The molecule has 1 aliphatic rings. The standard InChI is InChI=1S/C22H23N3O2/c1-22(12-16-5-3-4-6-17(16)13-22)14-23-21(27)24-18-9-7-15-8-10-20(26)25(2)19(15)11-18/h3-11H,12-14H2,1-2H3,(H2,23,24,27). The van der Waals surface area contributed by atoms with E-state index in [2.05, 4.69) is 41.8 Å². The Morgan fingerprint density at radius 3 is 2.44 bits per heavy atom. The minimum absolute atomic E-state index is 0.0360. The Hall–Kier alpha value is -3.08. The number of nitrogens with one attached hydrogen (secondary N) is 2. The second-order valence-electron chi connectivity index (χ2n) is 7.74. The Morgan fingerprint density at radius 1 is 1.07 bits per heavy atom. The number of anilines is 1. The summed E-state index contributed by atoms with van der Waals surface area (Å²) >= 11 is 0. The van der Waals surface area contributed by atoms with Crippen LogP contribution in [0.4, 0.5) is 10.5 Å². The van der Waals surface area contributed by atoms with Gasteiger partial charge in [-0.1, -0.05) is 37.3 Å². The molecule has 0 radical (unpaired) electrons. The number of benzene rings is 2. The van der Waals surface area contributed by atoms with Gasteiger partial charge in [0, 0.05) is 25.3 Å². The first-order valence-electron chi connectivity index (χ1n) is 9.15. The summed E-state index contributed by atoms with van der Waals surface area (Å²) in [5, 5.41) is 6.84. The van der Waals surface area contributed by atoms with Gasteiger partial charge in [-0.2, -0.15) is 0 Å². The number of hydrogen-bond donors (Lipinski definition) is 2. The third kappa shape index (κ3) is 3.45. The minimum Gasteiger partial charge on any atom is -0.337 e. The van der Waals surface area contributed by atoms with Crippen molar-refractivity contribution in [3.05, 3.63) is 76.1 Å². The molecule has 0 fully saturated rings. The summed E-state index contributed by atoms with van der Waals surface area (Å²) < 4.78 is 1.58. The second-order valence-corrected chi connectivity index (χ2v) is 7.74. The van der Waals surface area contributed by atoms with Crippen LogP contribution < -0.4 is 16.2 Å². The van der Waals surface area contributed by atoms with Crippen molar-refractivity contribution in [2.75, 3.05) is 11.9 Å². The number of amides is 2. The van der Waals surface area contributed by atoms with E-state index in [0.29, 0.717) is 12.2 Å². The Labute approximate surface area is 158 Å². The van der Waals surface area contributed by atoms with E-state index in [-0.39, 0.29) is 17.0 Å². The molecular weight excluding hydrogens is 338 g/mol. The molecule has 1 heterocycles. The Balaban J connectivity index is 1.42.